The number of rotatable bonds is 1. The van der Waals surface area contributed by atoms with Gasteiger partial charge < -0.3 is 15.4 Å². The van der Waals surface area contributed by atoms with E-state index >= 15 is 0 Å². The van der Waals surface area contributed by atoms with Gasteiger partial charge in [0.15, 0.2) is 11.6 Å². The molecule has 88 valence electrons. The molecule has 1 aliphatic rings. The standard InChI is InChI=1S/C12H14N4O/c13-9-5-3-8(4-6-9)11-14-15-12-10(17)2-1-7-16(11)12/h3-6,10,17H,1-2,7,13H2. The lowest BCUT2D eigenvalue weighted by Gasteiger charge is -2.19. The molecule has 1 atom stereocenters. The van der Waals surface area contributed by atoms with Crippen molar-refractivity contribution in [3.05, 3.63) is 30.1 Å². The monoisotopic (exact) mass is 230 g/mol. The largest absolute Gasteiger partial charge is 0.399 e. The molecular weight excluding hydrogens is 216 g/mol. The summed E-state index contributed by atoms with van der Waals surface area (Å²) in [7, 11) is 0. The molecule has 0 saturated carbocycles. The first-order valence-corrected chi connectivity index (χ1v) is 5.73. The third kappa shape index (κ3) is 1.68. The van der Waals surface area contributed by atoms with E-state index in [4.69, 9.17) is 5.73 Å². The molecule has 5 nitrogen and oxygen atoms in total. The van der Waals surface area contributed by atoms with Crippen LogP contribution in [0, 0.1) is 0 Å². The second-order valence-corrected chi connectivity index (χ2v) is 4.31. The Morgan fingerprint density at radius 1 is 1.24 bits per heavy atom. The minimum absolute atomic E-state index is 0.487. The van der Waals surface area contributed by atoms with Crippen LogP contribution in [0.3, 0.4) is 0 Å². The van der Waals surface area contributed by atoms with Gasteiger partial charge in [-0.05, 0) is 37.1 Å². The number of hydrogen-bond donors (Lipinski definition) is 2. The first-order chi connectivity index (χ1) is 8.25. The van der Waals surface area contributed by atoms with Gasteiger partial charge in [0.1, 0.15) is 6.10 Å². The lowest BCUT2D eigenvalue weighted by atomic mass is 10.1. The van der Waals surface area contributed by atoms with E-state index in [2.05, 4.69) is 10.2 Å². The van der Waals surface area contributed by atoms with Gasteiger partial charge in [-0.25, -0.2) is 0 Å². The number of anilines is 1. The van der Waals surface area contributed by atoms with Crippen LogP contribution in [0.25, 0.3) is 11.4 Å². The predicted octanol–water partition coefficient (Wildman–Crippen LogP) is 1.35. The molecule has 0 saturated heterocycles. The van der Waals surface area contributed by atoms with Crippen LogP contribution in [0.15, 0.2) is 24.3 Å². The van der Waals surface area contributed by atoms with Crippen molar-refractivity contribution in [2.24, 2.45) is 0 Å². The van der Waals surface area contributed by atoms with E-state index in [-0.39, 0.29) is 0 Å². The van der Waals surface area contributed by atoms with E-state index in [9.17, 15) is 5.11 Å². The SMILES string of the molecule is Nc1ccc(-c2nnc3n2CCCC3O)cc1. The summed E-state index contributed by atoms with van der Waals surface area (Å²) >= 11 is 0. The van der Waals surface area contributed by atoms with Crippen molar-refractivity contribution in [1.29, 1.82) is 0 Å². The summed E-state index contributed by atoms with van der Waals surface area (Å²) in [5, 5.41) is 18.1. The number of nitrogens with zero attached hydrogens (tertiary/aromatic N) is 3. The number of benzene rings is 1. The van der Waals surface area contributed by atoms with Crippen LogP contribution in [0.1, 0.15) is 24.8 Å². The molecule has 1 aromatic carbocycles. The highest BCUT2D eigenvalue weighted by Gasteiger charge is 2.23. The van der Waals surface area contributed by atoms with E-state index in [1.54, 1.807) is 0 Å². The van der Waals surface area contributed by atoms with Crippen molar-refractivity contribution in [2.75, 3.05) is 5.73 Å². The maximum absolute atomic E-state index is 9.82. The fourth-order valence-electron chi connectivity index (χ4n) is 2.20. The Morgan fingerprint density at radius 2 is 2.00 bits per heavy atom. The average molecular weight is 230 g/mol. The third-order valence-electron chi connectivity index (χ3n) is 3.11. The van der Waals surface area contributed by atoms with Crippen LogP contribution in [0.2, 0.25) is 0 Å². The van der Waals surface area contributed by atoms with Crippen molar-refractivity contribution in [3.8, 4) is 11.4 Å². The lowest BCUT2D eigenvalue weighted by Crippen LogP contribution is -2.16. The van der Waals surface area contributed by atoms with Gasteiger partial charge in [-0.1, -0.05) is 0 Å². The molecule has 2 heterocycles. The summed E-state index contributed by atoms with van der Waals surface area (Å²) in [5.41, 5.74) is 7.36. The van der Waals surface area contributed by atoms with Crippen molar-refractivity contribution < 1.29 is 5.11 Å². The van der Waals surface area contributed by atoms with Gasteiger partial charge in [-0.2, -0.15) is 0 Å². The normalized spacial score (nSPS) is 19.0. The number of hydrogen-bond acceptors (Lipinski definition) is 4. The van der Waals surface area contributed by atoms with Gasteiger partial charge in [-0.3, -0.25) is 0 Å². The van der Waals surface area contributed by atoms with E-state index in [0.29, 0.717) is 5.82 Å². The topological polar surface area (TPSA) is 77.0 Å². The molecule has 3 rings (SSSR count). The van der Waals surface area contributed by atoms with E-state index in [1.807, 2.05) is 28.8 Å². The second kappa shape index (κ2) is 3.85. The van der Waals surface area contributed by atoms with Crippen LogP contribution in [0.5, 0.6) is 0 Å². The van der Waals surface area contributed by atoms with Crippen LogP contribution < -0.4 is 5.73 Å². The Morgan fingerprint density at radius 3 is 2.76 bits per heavy atom. The predicted molar refractivity (Wildman–Crippen MR) is 64.1 cm³/mol. The highest BCUT2D eigenvalue weighted by Crippen LogP contribution is 2.28. The molecule has 5 heteroatoms. The second-order valence-electron chi connectivity index (χ2n) is 4.31. The average Bonchev–Trinajstić information content (AvgIpc) is 2.75. The number of aliphatic hydroxyl groups is 1. The smallest absolute Gasteiger partial charge is 0.164 e. The van der Waals surface area contributed by atoms with Gasteiger partial charge in [0.2, 0.25) is 0 Å². The summed E-state index contributed by atoms with van der Waals surface area (Å²) < 4.78 is 1.99. The fraction of sp³-hybridized carbons (Fsp3) is 0.333. The zero-order valence-electron chi connectivity index (χ0n) is 9.37. The Labute approximate surface area is 98.9 Å². The highest BCUT2D eigenvalue weighted by atomic mass is 16.3. The number of aromatic nitrogens is 3. The highest BCUT2D eigenvalue weighted by molar-refractivity contribution is 5.59. The lowest BCUT2D eigenvalue weighted by molar-refractivity contribution is 0.134. The molecule has 1 aromatic heterocycles. The minimum atomic E-state index is -0.487. The third-order valence-corrected chi connectivity index (χ3v) is 3.11. The van der Waals surface area contributed by atoms with Crippen molar-refractivity contribution in [3.63, 3.8) is 0 Å². The fourth-order valence-corrected chi connectivity index (χ4v) is 2.20. The van der Waals surface area contributed by atoms with Crippen molar-refractivity contribution >= 4 is 5.69 Å². The number of nitrogen functional groups attached to an aromatic ring is 1. The van der Waals surface area contributed by atoms with Gasteiger partial charge in [-0.15, -0.1) is 10.2 Å². The first-order valence-electron chi connectivity index (χ1n) is 5.73. The summed E-state index contributed by atoms with van der Waals surface area (Å²) in [4.78, 5) is 0. The molecule has 1 aliphatic heterocycles. The maximum Gasteiger partial charge on any atom is 0.164 e. The molecule has 3 N–H and O–H groups in total. The number of nitrogens with two attached hydrogens (primary N) is 1. The Hall–Kier alpha value is -1.88. The molecular formula is C12H14N4O. The maximum atomic E-state index is 9.82. The minimum Gasteiger partial charge on any atom is -0.399 e. The zero-order chi connectivity index (χ0) is 11.8. The van der Waals surface area contributed by atoms with Gasteiger partial charge >= 0.3 is 0 Å². The van der Waals surface area contributed by atoms with Crippen LogP contribution in [0.4, 0.5) is 5.69 Å². The molecule has 0 amide bonds. The van der Waals surface area contributed by atoms with Crippen LogP contribution in [-0.2, 0) is 6.54 Å². The Bertz CT molecular complexity index is 532. The van der Waals surface area contributed by atoms with Crippen LogP contribution in [-0.4, -0.2) is 19.9 Å². The molecule has 0 bridgehead atoms. The summed E-state index contributed by atoms with van der Waals surface area (Å²) in [6, 6.07) is 7.54. The van der Waals surface area contributed by atoms with Crippen molar-refractivity contribution in [2.45, 2.75) is 25.5 Å². The first kappa shape index (κ1) is 10.3. The molecule has 0 spiro atoms. The molecule has 1 unspecified atom stereocenters. The molecule has 17 heavy (non-hydrogen) atoms. The summed E-state index contributed by atoms with van der Waals surface area (Å²) in [6.07, 6.45) is 1.23. The summed E-state index contributed by atoms with van der Waals surface area (Å²) in [6.45, 7) is 0.860. The van der Waals surface area contributed by atoms with Crippen LogP contribution >= 0.6 is 0 Å². The quantitative estimate of drug-likeness (QED) is 0.725. The molecule has 2 aromatic rings. The van der Waals surface area contributed by atoms with E-state index in [1.165, 1.54) is 0 Å². The number of fused-ring (bicyclic) bond motifs is 1. The van der Waals surface area contributed by atoms with E-state index < -0.39 is 6.10 Å². The Kier molecular flexibility index (Phi) is 2.33. The molecule has 0 fully saturated rings. The van der Waals surface area contributed by atoms with Gasteiger partial charge in [0.25, 0.3) is 0 Å². The van der Waals surface area contributed by atoms with Gasteiger partial charge in [0.05, 0.1) is 0 Å². The number of aliphatic hydroxyl groups excluding tert-OH is 1. The molecule has 0 aliphatic carbocycles. The van der Waals surface area contributed by atoms with Gasteiger partial charge in [0, 0.05) is 17.8 Å². The molecule has 0 radical (unpaired) electrons. The zero-order valence-corrected chi connectivity index (χ0v) is 9.37. The van der Waals surface area contributed by atoms with Crippen molar-refractivity contribution in [1.82, 2.24) is 14.8 Å². The Balaban J connectivity index is 2.07. The summed E-state index contributed by atoms with van der Waals surface area (Å²) in [5.74, 6) is 1.47. The van der Waals surface area contributed by atoms with E-state index in [0.717, 1.165) is 36.5 Å².